The number of carbonyl (C=O) groups excluding carboxylic acids is 2. The van der Waals surface area contributed by atoms with Crippen LogP contribution in [0.3, 0.4) is 0 Å². The molecule has 0 heterocycles. The van der Waals surface area contributed by atoms with Crippen molar-refractivity contribution in [3.05, 3.63) is 35.9 Å². The summed E-state index contributed by atoms with van der Waals surface area (Å²) in [6.45, 7) is 9.00. The van der Waals surface area contributed by atoms with E-state index in [-0.39, 0.29) is 11.8 Å². The van der Waals surface area contributed by atoms with Gasteiger partial charge in [-0.3, -0.25) is 9.59 Å². The lowest BCUT2D eigenvalue weighted by Gasteiger charge is -2.23. The van der Waals surface area contributed by atoms with Gasteiger partial charge in [-0.05, 0) is 18.4 Å². The smallest absolute Gasteiger partial charge is 0.225 e. The lowest BCUT2D eigenvalue weighted by molar-refractivity contribution is -0.131. The Hall–Kier alpha value is -1.84. The highest BCUT2D eigenvalue weighted by atomic mass is 16.2. The predicted octanol–water partition coefficient (Wildman–Crippen LogP) is 2.63. The zero-order valence-corrected chi connectivity index (χ0v) is 14.2. The second-order valence-corrected chi connectivity index (χ2v) is 6.60. The highest BCUT2D eigenvalue weighted by molar-refractivity contribution is 5.81. The molecule has 1 rings (SSSR count). The Bertz CT molecular complexity index is 478. The Kier molecular flexibility index (Phi) is 7.09. The van der Waals surface area contributed by atoms with Crippen LogP contribution in [0.2, 0.25) is 0 Å². The van der Waals surface area contributed by atoms with E-state index in [1.807, 2.05) is 39.0 Å². The maximum atomic E-state index is 11.8. The van der Waals surface area contributed by atoms with E-state index in [1.165, 1.54) is 5.56 Å². The van der Waals surface area contributed by atoms with Gasteiger partial charge in [-0.25, -0.2) is 0 Å². The number of aryl methyl sites for hydroxylation is 1. The summed E-state index contributed by atoms with van der Waals surface area (Å²) in [5.41, 5.74) is 0.890. The van der Waals surface area contributed by atoms with Crippen LogP contribution in [0.15, 0.2) is 30.3 Å². The van der Waals surface area contributed by atoms with Gasteiger partial charge in [-0.2, -0.15) is 0 Å². The van der Waals surface area contributed by atoms with Crippen LogP contribution in [-0.4, -0.2) is 36.3 Å². The number of benzene rings is 1. The standard InChI is InChI=1S/C18H28N2O2/c1-15(21)20(14-12-19-17(22)18(2,3)4)13-8-11-16-9-6-5-7-10-16/h5-7,9-10H,8,11-14H2,1-4H3,(H,19,22). The van der Waals surface area contributed by atoms with Crippen LogP contribution in [0.5, 0.6) is 0 Å². The van der Waals surface area contributed by atoms with Gasteiger partial charge in [0.25, 0.3) is 0 Å². The molecule has 0 radical (unpaired) electrons. The number of amides is 2. The van der Waals surface area contributed by atoms with Crippen molar-refractivity contribution in [1.82, 2.24) is 10.2 Å². The fourth-order valence-electron chi connectivity index (χ4n) is 2.11. The Labute approximate surface area is 133 Å². The molecule has 2 amide bonds. The van der Waals surface area contributed by atoms with Crippen molar-refractivity contribution >= 4 is 11.8 Å². The van der Waals surface area contributed by atoms with Crippen LogP contribution >= 0.6 is 0 Å². The highest BCUT2D eigenvalue weighted by Gasteiger charge is 2.20. The largest absolute Gasteiger partial charge is 0.354 e. The molecule has 0 aliphatic rings. The van der Waals surface area contributed by atoms with Crippen LogP contribution in [0.4, 0.5) is 0 Å². The van der Waals surface area contributed by atoms with E-state index in [9.17, 15) is 9.59 Å². The van der Waals surface area contributed by atoms with Crippen molar-refractivity contribution in [3.63, 3.8) is 0 Å². The van der Waals surface area contributed by atoms with Gasteiger partial charge in [-0.1, -0.05) is 51.1 Å². The summed E-state index contributed by atoms with van der Waals surface area (Å²) in [7, 11) is 0. The molecule has 0 saturated carbocycles. The highest BCUT2D eigenvalue weighted by Crippen LogP contribution is 2.12. The molecule has 1 aromatic rings. The minimum Gasteiger partial charge on any atom is -0.354 e. The summed E-state index contributed by atoms with van der Waals surface area (Å²) in [6.07, 6.45) is 1.88. The molecule has 0 bridgehead atoms. The first-order valence-electron chi connectivity index (χ1n) is 7.88. The van der Waals surface area contributed by atoms with E-state index in [0.717, 1.165) is 19.4 Å². The first kappa shape index (κ1) is 18.2. The van der Waals surface area contributed by atoms with Crippen LogP contribution in [0.25, 0.3) is 0 Å². The van der Waals surface area contributed by atoms with Crippen LogP contribution in [0, 0.1) is 5.41 Å². The SMILES string of the molecule is CC(=O)N(CCCc1ccccc1)CCNC(=O)C(C)(C)C. The van der Waals surface area contributed by atoms with E-state index in [1.54, 1.807) is 11.8 Å². The van der Waals surface area contributed by atoms with E-state index >= 15 is 0 Å². The fourth-order valence-corrected chi connectivity index (χ4v) is 2.11. The van der Waals surface area contributed by atoms with Gasteiger partial charge in [0.1, 0.15) is 0 Å². The van der Waals surface area contributed by atoms with E-state index in [2.05, 4.69) is 17.4 Å². The van der Waals surface area contributed by atoms with E-state index in [0.29, 0.717) is 13.1 Å². The zero-order chi connectivity index (χ0) is 16.6. The lowest BCUT2D eigenvalue weighted by Crippen LogP contribution is -2.41. The molecule has 0 aliphatic carbocycles. The molecule has 0 aliphatic heterocycles. The van der Waals surface area contributed by atoms with Crippen molar-refractivity contribution < 1.29 is 9.59 Å². The predicted molar refractivity (Wildman–Crippen MR) is 89.5 cm³/mol. The Morgan fingerprint density at radius 1 is 1.09 bits per heavy atom. The quantitative estimate of drug-likeness (QED) is 0.842. The van der Waals surface area contributed by atoms with Gasteiger partial charge < -0.3 is 10.2 Å². The summed E-state index contributed by atoms with van der Waals surface area (Å²) in [6, 6.07) is 10.3. The second-order valence-electron chi connectivity index (χ2n) is 6.60. The average molecular weight is 304 g/mol. The van der Waals surface area contributed by atoms with Gasteiger partial charge in [-0.15, -0.1) is 0 Å². The molecule has 0 atom stereocenters. The van der Waals surface area contributed by atoms with Crippen LogP contribution in [-0.2, 0) is 16.0 Å². The van der Waals surface area contributed by atoms with Gasteiger partial charge in [0, 0.05) is 32.0 Å². The maximum Gasteiger partial charge on any atom is 0.225 e. The van der Waals surface area contributed by atoms with Crippen molar-refractivity contribution in [3.8, 4) is 0 Å². The molecule has 0 unspecified atom stereocenters. The summed E-state index contributed by atoms with van der Waals surface area (Å²) in [4.78, 5) is 25.3. The third-order valence-electron chi connectivity index (χ3n) is 3.53. The third-order valence-corrected chi connectivity index (χ3v) is 3.53. The number of nitrogens with one attached hydrogen (secondary N) is 1. The Balaban J connectivity index is 2.33. The lowest BCUT2D eigenvalue weighted by atomic mass is 9.96. The van der Waals surface area contributed by atoms with Gasteiger partial charge in [0.05, 0.1) is 0 Å². The molecular formula is C18H28N2O2. The van der Waals surface area contributed by atoms with Gasteiger partial charge >= 0.3 is 0 Å². The monoisotopic (exact) mass is 304 g/mol. The molecule has 0 fully saturated rings. The molecule has 1 N–H and O–H groups in total. The minimum atomic E-state index is -0.394. The molecule has 0 saturated heterocycles. The van der Waals surface area contributed by atoms with Crippen molar-refractivity contribution in [1.29, 1.82) is 0 Å². The van der Waals surface area contributed by atoms with Crippen LogP contribution in [0.1, 0.15) is 39.7 Å². The molecule has 4 heteroatoms. The minimum absolute atomic E-state index is 0.0142. The normalized spacial score (nSPS) is 11.1. The maximum absolute atomic E-state index is 11.8. The topological polar surface area (TPSA) is 49.4 Å². The third kappa shape index (κ3) is 6.74. The number of nitrogens with zero attached hydrogens (tertiary/aromatic N) is 1. The number of hydrogen-bond acceptors (Lipinski definition) is 2. The molecular weight excluding hydrogens is 276 g/mol. The molecule has 4 nitrogen and oxygen atoms in total. The Morgan fingerprint density at radius 2 is 1.73 bits per heavy atom. The summed E-state index contributed by atoms with van der Waals surface area (Å²) in [5, 5.41) is 2.88. The fraction of sp³-hybridized carbons (Fsp3) is 0.556. The summed E-state index contributed by atoms with van der Waals surface area (Å²) in [5.74, 6) is 0.0679. The number of hydrogen-bond donors (Lipinski definition) is 1. The average Bonchev–Trinajstić information content (AvgIpc) is 2.45. The molecule has 0 aromatic heterocycles. The van der Waals surface area contributed by atoms with Gasteiger partial charge in [0.15, 0.2) is 0 Å². The Morgan fingerprint density at radius 3 is 2.27 bits per heavy atom. The van der Waals surface area contributed by atoms with E-state index < -0.39 is 5.41 Å². The van der Waals surface area contributed by atoms with Crippen molar-refractivity contribution in [2.75, 3.05) is 19.6 Å². The summed E-state index contributed by atoms with van der Waals surface area (Å²) < 4.78 is 0. The first-order chi connectivity index (χ1) is 10.3. The number of rotatable bonds is 7. The molecule has 22 heavy (non-hydrogen) atoms. The van der Waals surface area contributed by atoms with Crippen molar-refractivity contribution in [2.24, 2.45) is 5.41 Å². The molecule has 0 spiro atoms. The second kappa shape index (κ2) is 8.57. The first-order valence-corrected chi connectivity index (χ1v) is 7.88. The zero-order valence-electron chi connectivity index (χ0n) is 14.2. The molecule has 1 aromatic carbocycles. The van der Waals surface area contributed by atoms with Crippen molar-refractivity contribution in [2.45, 2.75) is 40.5 Å². The van der Waals surface area contributed by atoms with Crippen LogP contribution < -0.4 is 5.32 Å². The van der Waals surface area contributed by atoms with Gasteiger partial charge in [0.2, 0.25) is 11.8 Å². The number of carbonyl (C=O) groups is 2. The molecule has 122 valence electrons. The van der Waals surface area contributed by atoms with E-state index in [4.69, 9.17) is 0 Å². The summed E-state index contributed by atoms with van der Waals surface area (Å²) >= 11 is 0.